The van der Waals surface area contributed by atoms with E-state index in [4.69, 9.17) is 4.74 Å². The van der Waals surface area contributed by atoms with E-state index in [1.165, 1.54) is 11.3 Å². The molecule has 0 aliphatic heterocycles. The highest BCUT2D eigenvalue weighted by Crippen LogP contribution is 2.32. The molecule has 0 aliphatic rings. The van der Waals surface area contributed by atoms with E-state index >= 15 is 0 Å². The fourth-order valence-corrected chi connectivity index (χ4v) is 3.77. The van der Waals surface area contributed by atoms with E-state index in [1.54, 1.807) is 6.07 Å². The van der Waals surface area contributed by atoms with Crippen molar-refractivity contribution in [1.82, 2.24) is 0 Å². The first kappa shape index (κ1) is 17.2. The molecule has 1 N–H and O–H groups in total. The van der Waals surface area contributed by atoms with Gasteiger partial charge in [-0.05, 0) is 62.9 Å². The maximum atomic E-state index is 11.9. The van der Waals surface area contributed by atoms with Gasteiger partial charge in [-0.3, -0.25) is 4.79 Å². The molecule has 0 unspecified atom stereocenters. The smallest absolute Gasteiger partial charge is 0.348 e. The fourth-order valence-electron chi connectivity index (χ4n) is 1.84. The molecule has 1 aromatic heterocycles. The Kier molecular flexibility index (Phi) is 5.77. The number of anilines is 1. The van der Waals surface area contributed by atoms with Gasteiger partial charge in [0.15, 0.2) is 6.61 Å². The minimum atomic E-state index is -0.520. The first-order valence-corrected chi connectivity index (χ1v) is 8.76. The maximum absolute atomic E-state index is 11.9. The quantitative estimate of drug-likeness (QED) is 0.693. The van der Waals surface area contributed by atoms with Gasteiger partial charge >= 0.3 is 5.97 Å². The van der Waals surface area contributed by atoms with Crippen LogP contribution in [0.4, 0.5) is 5.69 Å². The van der Waals surface area contributed by atoms with Crippen LogP contribution in [0.5, 0.6) is 0 Å². The standard InChI is InChI=1S/C15H13Br2NO3S/c1-8-4-3-5-9(2)13(8)18-12(19)7-21-15(20)11-6-10(16)14(17)22-11/h3-6H,7H2,1-2H3,(H,18,19). The second-order valence-electron chi connectivity index (χ2n) is 4.62. The molecule has 7 heteroatoms. The molecular formula is C15H13Br2NO3S. The van der Waals surface area contributed by atoms with Crippen molar-refractivity contribution >= 4 is 60.8 Å². The van der Waals surface area contributed by atoms with Gasteiger partial charge in [0.1, 0.15) is 4.88 Å². The largest absolute Gasteiger partial charge is 0.451 e. The Labute approximate surface area is 149 Å². The van der Waals surface area contributed by atoms with Crippen LogP contribution in [0.3, 0.4) is 0 Å². The number of rotatable bonds is 4. The number of para-hydroxylation sites is 1. The Balaban J connectivity index is 1.94. The van der Waals surface area contributed by atoms with Crippen LogP contribution < -0.4 is 5.32 Å². The summed E-state index contributed by atoms with van der Waals surface area (Å²) in [5.74, 6) is -0.881. The van der Waals surface area contributed by atoms with Crippen LogP contribution in [-0.4, -0.2) is 18.5 Å². The zero-order valence-corrected chi connectivity index (χ0v) is 15.9. The average Bonchev–Trinajstić information content (AvgIpc) is 2.80. The van der Waals surface area contributed by atoms with Gasteiger partial charge in [0.2, 0.25) is 0 Å². The van der Waals surface area contributed by atoms with E-state index in [-0.39, 0.29) is 12.5 Å². The van der Waals surface area contributed by atoms with Crippen LogP contribution in [0.1, 0.15) is 20.8 Å². The number of hydrogen-bond acceptors (Lipinski definition) is 4. The van der Waals surface area contributed by atoms with E-state index in [2.05, 4.69) is 37.2 Å². The van der Waals surface area contributed by atoms with Crippen molar-refractivity contribution in [3.63, 3.8) is 0 Å². The van der Waals surface area contributed by atoms with Crippen molar-refractivity contribution in [3.8, 4) is 0 Å². The third-order valence-electron chi connectivity index (χ3n) is 2.93. The van der Waals surface area contributed by atoms with Crippen molar-refractivity contribution in [3.05, 3.63) is 48.5 Å². The van der Waals surface area contributed by atoms with Crippen molar-refractivity contribution < 1.29 is 14.3 Å². The Morgan fingerprint density at radius 3 is 2.41 bits per heavy atom. The minimum Gasteiger partial charge on any atom is -0.451 e. The number of carbonyl (C=O) groups excluding carboxylic acids is 2. The zero-order chi connectivity index (χ0) is 16.3. The summed E-state index contributed by atoms with van der Waals surface area (Å²) in [5.41, 5.74) is 2.68. The molecule has 0 bridgehead atoms. The molecule has 2 rings (SSSR count). The number of amides is 1. The van der Waals surface area contributed by atoms with Crippen molar-refractivity contribution in [2.24, 2.45) is 0 Å². The number of carbonyl (C=O) groups is 2. The predicted octanol–water partition coefficient (Wildman–Crippen LogP) is 4.69. The van der Waals surface area contributed by atoms with Gasteiger partial charge in [-0.25, -0.2) is 4.79 Å². The highest BCUT2D eigenvalue weighted by Gasteiger charge is 2.15. The van der Waals surface area contributed by atoms with Gasteiger partial charge in [0, 0.05) is 10.2 Å². The number of halogens is 2. The molecule has 0 atom stereocenters. The number of nitrogens with one attached hydrogen (secondary N) is 1. The third-order valence-corrected chi connectivity index (χ3v) is 6.16. The van der Waals surface area contributed by atoms with Crippen molar-refractivity contribution in [1.29, 1.82) is 0 Å². The lowest BCUT2D eigenvalue weighted by Crippen LogP contribution is -2.21. The second-order valence-corrected chi connectivity index (χ2v) is 7.85. The number of thiophene rings is 1. The second kappa shape index (κ2) is 7.39. The normalized spacial score (nSPS) is 10.4. The van der Waals surface area contributed by atoms with Crippen molar-refractivity contribution in [2.75, 3.05) is 11.9 Å². The molecule has 0 radical (unpaired) electrons. The number of benzene rings is 1. The predicted molar refractivity (Wildman–Crippen MR) is 94.5 cm³/mol. The van der Waals surface area contributed by atoms with Gasteiger partial charge < -0.3 is 10.1 Å². The van der Waals surface area contributed by atoms with Crippen LogP contribution in [0.15, 0.2) is 32.5 Å². The van der Waals surface area contributed by atoms with E-state index < -0.39 is 5.97 Å². The molecule has 116 valence electrons. The monoisotopic (exact) mass is 445 g/mol. The van der Waals surface area contributed by atoms with Crippen LogP contribution in [0.25, 0.3) is 0 Å². The lowest BCUT2D eigenvalue weighted by molar-refractivity contribution is -0.119. The Hall–Kier alpha value is -1.18. The Morgan fingerprint density at radius 2 is 1.86 bits per heavy atom. The van der Waals surface area contributed by atoms with E-state index in [9.17, 15) is 9.59 Å². The van der Waals surface area contributed by atoms with Gasteiger partial charge in [0.05, 0.1) is 3.79 Å². The van der Waals surface area contributed by atoms with Gasteiger partial charge in [-0.2, -0.15) is 0 Å². The number of aryl methyl sites for hydroxylation is 2. The van der Waals surface area contributed by atoms with Gasteiger partial charge in [-0.15, -0.1) is 11.3 Å². The maximum Gasteiger partial charge on any atom is 0.348 e. The Morgan fingerprint density at radius 1 is 1.23 bits per heavy atom. The molecule has 2 aromatic rings. The molecule has 1 heterocycles. The van der Waals surface area contributed by atoms with Crippen LogP contribution in [0.2, 0.25) is 0 Å². The molecule has 1 aromatic carbocycles. The highest BCUT2D eigenvalue weighted by molar-refractivity contribution is 9.13. The first-order chi connectivity index (χ1) is 10.4. The summed E-state index contributed by atoms with van der Waals surface area (Å²) in [6, 6.07) is 7.40. The molecule has 0 spiro atoms. The zero-order valence-electron chi connectivity index (χ0n) is 11.9. The van der Waals surface area contributed by atoms with E-state index in [0.717, 1.165) is 25.1 Å². The van der Waals surface area contributed by atoms with Crippen molar-refractivity contribution in [2.45, 2.75) is 13.8 Å². The SMILES string of the molecule is Cc1cccc(C)c1NC(=O)COC(=O)c1cc(Br)c(Br)s1. The van der Waals surface area contributed by atoms with Gasteiger partial charge in [-0.1, -0.05) is 18.2 Å². The van der Waals surface area contributed by atoms with E-state index in [0.29, 0.717) is 4.88 Å². The highest BCUT2D eigenvalue weighted by atomic mass is 79.9. The molecule has 1 amide bonds. The summed E-state index contributed by atoms with van der Waals surface area (Å²) in [4.78, 5) is 24.2. The molecular weight excluding hydrogens is 434 g/mol. The lowest BCUT2D eigenvalue weighted by Gasteiger charge is -2.11. The molecule has 0 saturated carbocycles. The summed E-state index contributed by atoms with van der Waals surface area (Å²) >= 11 is 7.86. The van der Waals surface area contributed by atoms with Crippen LogP contribution >= 0.6 is 43.2 Å². The molecule has 0 fully saturated rings. The summed E-state index contributed by atoms with van der Waals surface area (Å²) in [6.45, 7) is 3.50. The lowest BCUT2D eigenvalue weighted by atomic mass is 10.1. The summed E-state index contributed by atoms with van der Waals surface area (Å²) in [5, 5.41) is 2.77. The van der Waals surface area contributed by atoms with Gasteiger partial charge in [0.25, 0.3) is 5.91 Å². The molecule has 22 heavy (non-hydrogen) atoms. The number of esters is 1. The Bertz CT molecular complexity index is 688. The summed E-state index contributed by atoms with van der Waals surface area (Å²) in [6.07, 6.45) is 0. The van der Waals surface area contributed by atoms with Crippen LogP contribution in [-0.2, 0) is 9.53 Å². The topological polar surface area (TPSA) is 55.4 Å². The third kappa shape index (κ3) is 4.18. The summed E-state index contributed by atoms with van der Waals surface area (Å²) in [7, 11) is 0. The fraction of sp³-hybridized carbons (Fsp3) is 0.200. The molecule has 0 aliphatic carbocycles. The molecule has 0 saturated heterocycles. The minimum absolute atomic E-state index is 0.320. The average molecular weight is 447 g/mol. The number of ether oxygens (including phenoxy) is 1. The summed E-state index contributed by atoms with van der Waals surface area (Å²) < 4.78 is 6.61. The molecule has 4 nitrogen and oxygen atoms in total. The van der Waals surface area contributed by atoms with E-state index in [1.807, 2.05) is 32.0 Å². The number of hydrogen-bond donors (Lipinski definition) is 1. The first-order valence-electron chi connectivity index (χ1n) is 6.36. The van der Waals surface area contributed by atoms with Crippen LogP contribution in [0, 0.1) is 13.8 Å².